The van der Waals surface area contributed by atoms with E-state index >= 15 is 0 Å². The minimum absolute atomic E-state index is 0.190. The fourth-order valence-corrected chi connectivity index (χ4v) is 2.65. The third kappa shape index (κ3) is 6.05. The fourth-order valence-electron chi connectivity index (χ4n) is 2.65. The van der Waals surface area contributed by atoms with Gasteiger partial charge in [0.25, 0.3) is 0 Å². The fraction of sp³-hybridized carbons (Fsp3) is 0.350. The second-order valence-corrected chi connectivity index (χ2v) is 5.82. The summed E-state index contributed by atoms with van der Waals surface area (Å²) in [6.45, 7) is 5.33. The number of carbonyl (C=O) groups excluding carboxylic acids is 1. The number of rotatable bonds is 8. The molecule has 0 aliphatic rings. The Hall–Kier alpha value is -2.33. The molecule has 2 amide bonds. The van der Waals surface area contributed by atoms with Gasteiger partial charge in [0.05, 0.1) is 0 Å². The molecule has 128 valence electrons. The highest BCUT2D eigenvalue weighted by molar-refractivity contribution is 5.89. The van der Waals surface area contributed by atoms with Crippen molar-refractivity contribution in [1.82, 2.24) is 10.2 Å². The summed E-state index contributed by atoms with van der Waals surface area (Å²) in [6, 6.07) is 18.5. The molecule has 0 radical (unpaired) electrons. The van der Waals surface area contributed by atoms with Crippen LogP contribution in [0.4, 0.5) is 10.5 Å². The van der Waals surface area contributed by atoms with Crippen molar-refractivity contribution in [1.29, 1.82) is 0 Å². The Bertz CT molecular complexity index is 628. The number of hydrogen-bond donors (Lipinski definition) is 2. The summed E-state index contributed by atoms with van der Waals surface area (Å²) < 4.78 is 0. The van der Waals surface area contributed by atoms with Crippen molar-refractivity contribution in [2.24, 2.45) is 0 Å². The van der Waals surface area contributed by atoms with E-state index in [9.17, 15) is 4.79 Å². The molecular formula is C20H27N3O. The van der Waals surface area contributed by atoms with Gasteiger partial charge in [-0.25, -0.2) is 4.79 Å². The Morgan fingerprint density at radius 1 is 0.958 bits per heavy atom. The van der Waals surface area contributed by atoms with Crippen LogP contribution in [0, 0.1) is 0 Å². The van der Waals surface area contributed by atoms with Crippen LogP contribution in [-0.4, -0.2) is 37.6 Å². The van der Waals surface area contributed by atoms with Crippen LogP contribution in [0.5, 0.6) is 0 Å². The van der Waals surface area contributed by atoms with Gasteiger partial charge in [-0.3, -0.25) is 0 Å². The van der Waals surface area contributed by atoms with Gasteiger partial charge >= 0.3 is 6.03 Å². The standard InChI is InChI=1S/C20H27N3O/c1-3-23(14-12-17-8-5-4-6-9-17)15-13-18-10-7-11-19(16-18)22-20(24)21-2/h4-11,16H,3,12-15H2,1-2H3,(H2,21,22,24). The van der Waals surface area contributed by atoms with Crippen LogP contribution in [0.25, 0.3) is 0 Å². The highest BCUT2D eigenvalue weighted by Gasteiger charge is 2.05. The summed E-state index contributed by atoms with van der Waals surface area (Å²) in [5.41, 5.74) is 3.45. The van der Waals surface area contributed by atoms with Gasteiger partial charge in [-0.05, 0) is 42.6 Å². The van der Waals surface area contributed by atoms with Crippen molar-refractivity contribution in [2.45, 2.75) is 19.8 Å². The van der Waals surface area contributed by atoms with Crippen molar-refractivity contribution >= 4 is 11.7 Å². The summed E-state index contributed by atoms with van der Waals surface area (Å²) in [5.74, 6) is 0. The lowest BCUT2D eigenvalue weighted by Crippen LogP contribution is -2.28. The van der Waals surface area contributed by atoms with E-state index < -0.39 is 0 Å². The number of likely N-dealkylation sites (N-methyl/N-ethyl adjacent to an activating group) is 1. The first-order valence-corrected chi connectivity index (χ1v) is 8.55. The van der Waals surface area contributed by atoms with E-state index in [4.69, 9.17) is 0 Å². The molecule has 0 aliphatic heterocycles. The van der Waals surface area contributed by atoms with Crippen LogP contribution in [0.1, 0.15) is 18.1 Å². The number of anilines is 1. The van der Waals surface area contributed by atoms with Crippen LogP contribution < -0.4 is 10.6 Å². The molecule has 2 aromatic rings. The predicted molar refractivity (Wildman–Crippen MR) is 100 cm³/mol. The maximum atomic E-state index is 11.4. The van der Waals surface area contributed by atoms with E-state index in [-0.39, 0.29) is 6.03 Å². The zero-order chi connectivity index (χ0) is 17.2. The zero-order valence-corrected chi connectivity index (χ0v) is 14.6. The van der Waals surface area contributed by atoms with E-state index in [1.807, 2.05) is 18.2 Å². The molecule has 24 heavy (non-hydrogen) atoms. The monoisotopic (exact) mass is 325 g/mol. The highest BCUT2D eigenvalue weighted by atomic mass is 16.2. The maximum Gasteiger partial charge on any atom is 0.318 e. The number of nitrogens with zero attached hydrogens (tertiary/aromatic N) is 1. The van der Waals surface area contributed by atoms with E-state index in [1.54, 1.807) is 7.05 Å². The molecule has 4 heteroatoms. The summed E-state index contributed by atoms with van der Waals surface area (Å²) >= 11 is 0. The summed E-state index contributed by atoms with van der Waals surface area (Å²) in [7, 11) is 1.62. The molecule has 2 rings (SSSR count). The Labute approximate surface area is 144 Å². The van der Waals surface area contributed by atoms with Gasteiger partial charge < -0.3 is 15.5 Å². The first-order valence-electron chi connectivity index (χ1n) is 8.55. The molecule has 0 fully saturated rings. The topological polar surface area (TPSA) is 44.4 Å². The third-order valence-corrected chi connectivity index (χ3v) is 4.14. The second-order valence-electron chi connectivity index (χ2n) is 5.82. The van der Waals surface area contributed by atoms with E-state index in [0.717, 1.165) is 38.2 Å². The Balaban J connectivity index is 1.84. The Kier molecular flexibility index (Phi) is 7.30. The average Bonchev–Trinajstić information content (AvgIpc) is 2.63. The smallest absolute Gasteiger partial charge is 0.318 e. The third-order valence-electron chi connectivity index (χ3n) is 4.14. The number of hydrogen-bond acceptors (Lipinski definition) is 2. The number of carbonyl (C=O) groups is 1. The van der Waals surface area contributed by atoms with Gasteiger partial charge in [0.15, 0.2) is 0 Å². The van der Waals surface area contributed by atoms with Gasteiger partial charge in [0.1, 0.15) is 0 Å². The minimum Gasteiger partial charge on any atom is -0.341 e. The summed E-state index contributed by atoms with van der Waals surface area (Å²) in [6.07, 6.45) is 2.05. The van der Waals surface area contributed by atoms with Crippen LogP contribution in [-0.2, 0) is 12.8 Å². The van der Waals surface area contributed by atoms with Crippen molar-refractivity contribution in [3.8, 4) is 0 Å². The zero-order valence-electron chi connectivity index (χ0n) is 14.6. The highest BCUT2D eigenvalue weighted by Crippen LogP contribution is 2.12. The molecule has 2 aromatic carbocycles. The first-order chi connectivity index (χ1) is 11.7. The minimum atomic E-state index is -0.190. The molecule has 2 N–H and O–H groups in total. The van der Waals surface area contributed by atoms with Crippen molar-refractivity contribution in [2.75, 3.05) is 32.0 Å². The largest absolute Gasteiger partial charge is 0.341 e. The van der Waals surface area contributed by atoms with Crippen molar-refractivity contribution in [3.05, 3.63) is 65.7 Å². The average molecular weight is 325 g/mol. The first kappa shape index (κ1) is 18.0. The van der Waals surface area contributed by atoms with Crippen LogP contribution >= 0.6 is 0 Å². The van der Waals surface area contributed by atoms with E-state index in [2.05, 4.69) is 58.9 Å². The van der Waals surface area contributed by atoms with Crippen LogP contribution in [0.15, 0.2) is 54.6 Å². The molecule has 0 atom stereocenters. The second kappa shape index (κ2) is 9.73. The SMILES string of the molecule is CCN(CCc1ccccc1)CCc1cccc(NC(=O)NC)c1. The summed E-state index contributed by atoms with van der Waals surface area (Å²) in [4.78, 5) is 13.9. The molecule has 0 bridgehead atoms. The number of benzene rings is 2. The Morgan fingerprint density at radius 2 is 1.62 bits per heavy atom. The van der Waals surface area contributed by atoms with E-state index in [0.29, 0.717) is 0 Å². The molecule has 0 saturated heterocycles. The van der Waals surface area contributed by atoms with Crippen LogP contribution in [0.2, 0.25) is 0 Å². The molecule has 0 aromatic heterocycles. The van der Waals surface area contributed by atoms with Gasteiger partial charge in [-0.1, -0.05) is 49.4 Å². The lowest BCUT2D eigenvalue weighted by Gasteiger charge is -2.20. The molecule has 0 heterocycles. The predicted octanol–water partition coefficient (Wildman–Crippen LogP) is 3.55. The maximum absolute atomic E-state index is 11.4. The van der Waals surface area contributed by atoms with E-state index in [1.165, 1.54) is 11.1 Å². The van der Waals surface area contributed by atoms with Crippen LogP contribution in [0.3, 0.4) is 0 Å². The number of urea groups is 1. The lowest BCUT2D eigenvalue weighted by molar-refractivity contribution is 0.254. The van der Waals surface area contributed by atoms with Gasteiger partial charge in [-0.15, -0.1) is 0 Å². The Morgan fingerprint density at radius 3 is 2.29 bits per heavy atom. The van der Waals surface area contributed by atoms with Crippen molar-refractivity contribution in [3.63, 3.8) is 0 Å². The molecule has 0 spiro atoms. The number of nitrogens with one attached hydrogen (secondary N) is 2. The molecule has 0 unspecified atom stereocenters. The van der Waals surface area contributed by atoms with Gasteiger partial charge in [0, 0.05) is 25.8 Å². The normalized spacial score (nSPS) is 10.6. The molecule has 0 aliphatic carbocycles. The van der Waals surface area contributed by atoms with Gasteiger partial charge in [0.2, 0.25) is 0 Å². The quantitative estimate of drug-likeness (QED) is 0.779. The van der Waals surface area contributed by atoms with Gasteiger partial charge in [-0.2, -0.15) is 0 Å². The van der Waals surface area contributed by atoms with Crippen molar-refractivity contribution < 1.29 is 4.79 Å². The lowest BCUT2D eigenvalue weighted by atomic mass is 10.1. The molecule has 0 saturated carbocycles. The molecular weight excluding hydrogens is 298 g/mol. The number of amides is 2. The summed E-state index contributed by atoms with van der Waals surface area (Å²) in [5, 5.41) is 5.38. The molecule has 4 nitrogen and oxygen atoms in total.